The molecule has 1 amide bonds. The molecule has 0 bridgehead atoms. The van der Waals surface area contributed by atoms with Gasteiger partial charge in [0.1, 0.15) is 5.75 Å². The lowest BCUT2D eigenvalue weighted by Gasteiger charge is -2.19. The van der Waals surface area contributed by atoms with Crippen LogP contribution in [0, 0.1) is 27.7 Å². The van der Waals surface area contributed by atoms with E-state index in [1.54, 1.807) is 0 Å². The summed E-state index contributed by atoms with van der Waals surface area (Å²) in [5.41, 5.74) is 5.35. The summed E-state index contributed by atoms with van der Waals surface area (Å²) < 4.78 is 5.92. The van der Waals surface area contributed by atoms with E-state index in [9.17, 15) is 4.79 Å². The molecule has 0 saturated carbocycles. The van der Waals surface area contributed by atoms with Gasteiger partial charge >= 0.3 is 0 Å². The highest BCUT2D eigenvalue weighted by Gasteiger charge is 2.19. The van der Waals surface area contributed by atoms with Crippen molar-refractivity contribution in [2.24, 2.45) is 0 Å². The van der Waals surface area contributed by atoms with E-state index in [1.165, 1.54) is 0 Å². The Kier molecular flexibility index (Phi) is 5.43. The quantitative estimate of drug-likeness (QED) is 0.868. The van der Waals surface area contributed by atoms with Gasteiger partial charge in [-0.05, 0) is 74.6 Å². The zero-order valence-electron chi connectivity index (χ0n) is 14.6. The Bertz CT molecular complexity index is 687. The van der Waals surface area contributed by atoms with Gasteiger partial charge in [-0.1, -0.05) is 25.1 Å². The third kappa shape index (κ3) is 4.35. The zero-order chi connectivity index (χ0) is 17.0. The molecular weight excluding hydrogens is 286 g/mol. The number of nitrogens with one attached hydrogen (secondary N) is 1. The van der Waals surface area contributed by atoms with Crippen molar-refractivity contribution in [3.05, 3.63) is 58.7 Å². The molecule has 0 aromatic heterocycles. The molecule has 23 heavy (non-hydrogen) atoms. The molecule has 0 aliphatic heterocycles. The van der Waals surface area contributed by atoms with Crippen molar-refractivity contribution in [3.8, 4) is 5.75 Å². The fraction of sp³-hybridized carbons (Fsp3) is 0.350. The fourth-order valence-corrected chi connectivity index (χ4v) is 2.59. The minimum Gasteiger partial charge on any atom is -0.481 e. The van der Waals surface area contributed by atoms with Crippen molar-refractivity contribution in [1.82, 2.24) is 0 Å². The average Bonchev–Trinajstić information content (AvgIpc) is 2.48. The van der Waals surface area contributed by atoms with Crippen LogP contribution in [0.2, 0.25) is 0 Å². The minimum absolute atomic E-state index is 0.111. The number of benzene rings is 2. The number of amides is 1. The molecule has 0 radical (unpaired) electrons. The minimum atomic E-state index is -0.504. The molecule has 0 heterocycles. The van der Waals surface area contributed by atoms with Gasteiger partial charge in [0.05, 0.1) is 0 Å². The third-order valence-corrected chi connectivity index (χ3v) is 4.00. The van der Waals surface area contributed by atoms with Crippen LogP contribution in [0.4, 0.5) is 5.69 Å². The van der Waals surface area contributed by atoms with Crippen LogP contribution in [0.15, 0.2) is 36.4 Å². The van der Waals surface area contributed by atoms with Crippen LogP contribution >= 0.6 is 0 Å². The van der Waals surface area contributed by atoms with Crippen molar-refractivity contribution >= 4 is 11.6 Å². The first kappa shape index (κ1) is 17.1. The Labute approximate surface area is 138 Å². The lowest BCUT2D eigenvalue weighted by molar-refractivity contribution is -0.122. The van der Waals surface area contributed by atoms with Crippen LogP contribution in [0.1, 0.15) is 35.6 Å². The maximum atomic E-state index is 12.5. The van der Waals surface area contributed by atoms with Gasteiger partial charge in [0.15, 0.2) is 6.10 Å². The van der Waals surface area contributed by atoms with E-state index >= 15 is 0 Å². The molecule has 0 fully saturated rings. The molecule has 0 aliphatic carbocycles. The average molecular weight is 311 g/mol. The summed E-state index contributed by atoms with van der Waals surface area (Å²) in [4.78, 5) is 12.5. The third-order valence-electron chi connectivity index (χ3n) is 4.00. The maximum Gasteiger partial charge on any atom is 0.265 e. The van der Waals surface area contributed by atoms with Gasteiger partial charge < -0.3 is 10.1 Å². The highest BCUT2D eigenvalue weighted by atomic mass is 16.5. The fourth-order valence-electron chi connectivity index (χ4n) is 2.59. The molecule has 2 aromatic carbocycles. The van der Waals surface area contributed by atoms with E-state index in [-0.39, 0.29) is 5.91 Å². The second kappa shape index (κ2) is 7.32. The SMILES string of the molecule is CC[C@H](Oc1cc(C)cc(C)c1)C(=O)Nc1cccc(C)c1C. The standard InChI is InChI=1S/C20H25NO2/c1-6-19(23-17-11-13(2)10-14(3)12-17)20(22)21-18-9-7-8-15(4)16(18)5/h7-12,19H,6H2,1-5H3,(H,21,22)/t19-/m0/s1. The maximum absolute atomic E-state index is 12.5. The molecule has 0 spiro atoms. The molecule has 2 aromatic rings. The first-order valence-electron chi connectivity index (χ1n) is 8.02. The number of ether oxygens (including phenoxy) is 1. The van der Waals surface area contributed by atoms with E-state index in [1.807, 2.05) is 65.0 Å². The Morgan fingerprint density at radius 1 is 1.09 bits per heavy atom. The van der Waals surface area contributed by atoms with E-state index < -0.39 is 6.10 Å². The number of anilines is 1. The Morgan fingerprint density at radius 2 is 1.74 bits per heavy atom. The number of carbonyl (C=O) groups excluding carboxylic acids is 1. The monoisotopic (exact) mass is 311 g/mol. The molecule has 1 atom stereocenters. The number of hydrogen-bond acceptors (Lipinski definition) is 2. The lowest BCUT2D eigenvalue weighted by Crippen LogP contribution is -2.32. The zero-order valence-corrected chi connectivity index (χ0v) is 14.6. The first-order chi connectivity index (χ1) is 10.9. The highest BCUT2D eigenvalue weighted by molar-refractivity contribution is 5.95. The molecular formula is C20H25NO2. The van der Waals surface area contributed by atoms with E-state index in [2.05, 4.69) is 11.4 Å². The lowest BCUT2D eigenvalue weighted by atomic mass is 10.1. The van der Waals surface area contributed by atoms with Crippen molar-refractivity contribution in [3.63, 3.8) is 0 Å². The second-order valence-electron chi connectivity index (χ2n) is 6.07. The predicted molar refractivity (Wildman–Crippen MR) is 95.2 cm³/mol. The first-order valence-corrected chi connectivity index (χ1v) is 8.02. The van der Waals surface area contributed by atoms with Crippen LogP contribution in [-0.4, -0.2) is 12.0 Å². The largest absolute Gasteiger partial charge is 0.481 e. The number of rotatable bonds is 5. The van der Waals surface area contributed by atoms with Gasteiger partial charge in [-0.15, -0.1) is 0 Å². The van der Waals surface area contributed by atoms with Crippen LogP contribution in [0.25, 0.3) is 0 Å². The van der Waals surface area contributed by atoms with Crippen LogP contribution in [0.3, 0.4) is 0 Å². The Hall–Kier alpha value is -2.29. The van der Waals surface area contributed by atoms with Gasteiger partial charge in [-0.25, -0.2) is 0 Å². The Balaban J connectivity index is 2.13. The highest BCUT2D eigenvalue weighted by Crippen LogP contribution is 2.21. The topological polar surface area (TPSA) is 38.3 Å². The van der Waals surface area contributed by atoms with Gasteiger partial charge in [-0.3, -0.25) is 4.79 Å². The summed E-state index contributed by atoms with van der Waals surface area (Å²) in [6.45, 7) is 10.1. The van der Waals surface area contributed by atoms with E-state index in [0.717, 1.165) is 33.7 Å². The molecule has 3 heteroatoms. The van der Waals surface area contributed by atoms with Crippen molar-refractivity contribution in [2.75, 3.05) is 5.32 Å². The number of aryl methyl sites for hydroxylation is 3. The molecule has 2 rings (SSSR count). The van der Waals surface area contributed by atoms with Gasteiger partial charge in [0.2, 0.25) is 0 Å². The summed E-state index contributed by atoms with van der Waals surface area (Å²) in [6, 6.07) is 11.9. The predicted octanol–water partition coefficient (Wildman–Crippen LogP) is 4.72. The second-order valence-corrected chi connectivity index (χ2v) is 6.07. The summed E-state index contributed by atoms with van der Waals surface area (Å²) in [7, 11) is 0. The van der Waals surface area contributed by atoms with E-state index in [0.29, 0.717) is 6.42 Å². The van der Waals surface area contributed by atoms with E-state index in [4.69, 9.17) is 4.74 Å². The number of hydrogen-bond donors (Lipinski definition) is 1. The molecule has 0 saturated heterocycles. The summed E-state index contributed by atoms with van der Waals surface area (Å²) in [6.07, 6.45) is 0.111. The molecule has 122 valence electrons. The van der Waals surface area contributed by atoms with Crippen molar-refractivity contribution in [2.45, 2.75) is 47.1 Å². The molecule has 0 unspecified atom stereocenters. The van der Waals surface area contributed by atoms with Gasteiger partial charge in [0, 0.05) is 5.69 Å². The van der Waals surface area contributed by atoms with Crippen molar-refractivity contribution in [1.29, 1.82) is 0 Å². The Morgan fingerprint density at radius 3 is 2.35 bits per heavy atom. The van der Waals surface area contributed by atoms with Crippen LogP contribution < -0.4 is 10.1 Å². The summed E-state index contributed by atoms with van der Waals surface area (Å²) in [5, 5.41) is 2.99. The van der Waals surface area contributed by atoms with Crippen molar-refractivity contribution < 1.29 is 9.53 Å². The summed E-state index contributed by atoms with van der Waals surface area (Å²) in [5.74, 6) is 0.630. The van der Waals surface area contributed by atoms with Gasteiger partial charge in [0.25, 0.3) is 5.91 Å². The molecule has 1 N–H and O–H groups in total. The number of carbonyl (C=O) groups is 1. The normalized spacial score (nSPS) is 11.9. The molecule has 3 nitrogen and oxygen atoms in total. The smallest absolute Gasteiger partial charge is 0.265 e. The summed E-state index contributed by atoms with van der Waals surface area (Å²) >= 11 is 0. The van der Waals surface area contributed by atoms with Gasteiger partial charge in [-0.2, -0.15) is 0 Å². The van der Waals surface area contributed by atoms with Crippen LogP contribution in [-0.2, 0) is 4.79 Å². The molecule has 0 aliphatic rings. The van der Waals surface area contributed by atoms with Crippen LogP contribution in [0.5, 0.6) is 5.75 Å².